The minimum atomic E-state index is 0.106. The molecule has 4 nitrogen and oxygen atoms in total. The molecule has 140 valence electrons. The van der Waals surface area contributed by atoms with E-state index in [0.29, 0.717) is 23.8 Å². The number of hydrogen-bond donors (Lipinski definition) is 1. The molecule has 0 saturated carbocycles. The topological polar surface area (TPSA) is 49.4 Å². The molecule has 0 radical (unpaired) electrons. The van der Waals surface area contributed by atoms with Crippen molar-refractivity contribution in [3.8, 4) is 11.1 Å². The lowest BCUT2D eigenvalue weighted by Gasteiger charge is -2.34. The summed E-state index contributed by atoms with van der Waals surface area (Å²) in [5, 5.41) is 3.05. The third-order valence-electron chi connectivity index (χ3n) is 6.04. The number of nitrogens with one attached hydrogen (secondary N) is 1. The summed E-state index contributed by atoms with van der Waals surface area (Å²) in [5.74, 6) is 1.30. The largest absolute Gasteiger partial charge is 0.326 e. The van der Waals surface area contributed by atoms with Crippen LogP contribution in [0.25, 0.3) is 11.1 Å². The average Bonchev–Trinajstić information content (AvgIpc) is 3.04. The molecule has 2 aromatic carbocycles. The Kier molecular flexibility index (Phi) is 5.35. The van der Waals surface area contributed by atoms with Gasteiger partial charge in [0.1, 0.15) is 0 Å². The van der Waals surface area contributed by atoms with E-state index in [1.807, 2.05) is 48.5 Å². The summed E-state index contributed by atoms with van der Waals surface area (Å²) >= 11 is 0. The highest BCUT2D eigenvalue weighted by molar-refractivity contribution is 5.92. The van der Waals surface area contributed by atoms with Crippen LogP contribution in [-0.2, 0) is 4.79 Å². The summed E-state index contributed by atoms with van der Waals surface area (Å²) in [6, 6.07) is 15.3. The number of hydrogen-bond acceptors (Lipinski definition) is 3. The van der Waals surface area contributed by atoms with Crippen LogP contribution >= 0.6 is 0 Å². The first-order valence-corrected chi connectivity index (χ1v) is 9.90. The SMILES string of the molecule is O=Cc1ccccc1-c1ccc(NC(=O)CC2CN3CCCC2CC3)cc1. The Morgan fingerprint density at radius 1 is 1.07 bits per heavy atom. The molecule has 3 heterocycles. The summed E-state index contributed by atoms with van der Waals surface area (Å²) in [6.45, 7) is 3.46. The number of piperidine rings is 1. The second-order valence-electron chi connectivity index (χ2n) is 7.79. The van der Waals surface area contributed by atoms with Crippen LogP contribution in [0.5, 0.6) is 0 Å². The van der Waals surface area contributed by atoms with E-state index in [4.69, 9.17) is 0 Å². The van der Waals surface area contributed by atoms with Gasteiger partial charge in [0.2, 0.25) is 5.91 Å². The molecule has 3 aliphatic rings. The number of nitrogens with zero attached hydrogens (tertiary/aromatic N) is 1. The van der Waals surface area contributed by atoms with Gasteiger partial charge in [-0.1, -0.05) is 36.4 Å². The van der Waals surface area contributed by atoms with Gasteiger partial charge in [-0.25, -0.2) is 0 Å². The van der Waals surface area contributed by atoms with Crippen LogP contribution < -0.4 is 5.32 Å². The molecule has 1 amide bonds. The number of amides is 1. The summed E-state index contributed by atoms with van der Waals surface area (Å²) in [7, 11) is 0. The first-order chi connectivity index (χ1) is 13.2. The van der Waals surface area contributed by atoms with Crippen LogP contribution in [0.3, 0.4) is 0 Å². The van der Waals surface area contributed by atoms with Gasteiger partial charge in [-0.2, -0.15) is 0 Å². The van der Waals surface area contributed by atoms with E-state index in [1.54, 1.807) is 0 Å². The van der Waals surface area contributed by atoms with Crippen LogP contribution in [0.15, 0.2) is 48.5 Å². The quantitative estimate of drug-likeness (QED) is 0.810. The maximum absolute atomic E-state index is 12.5. The van der Waals surface area contributed by atoms with Gasteiger partial charge < -0.3 is 10.2 Å². The fraction of sp³-hybridized carbons (Fsp3) is 0.391. The van der Waals surface area contributed by atoms with Crippen molar-refractivity contribution < 1.29 is 9.59 Å². The maximum atomic E-state index is 12.5. The van der Waals surface area contributed by atoms with Crippen LogP contribution in [0.2, 0.25) is 0 Å². The van der Waals surface area contributed by atoms with Crippen LogP contribution in [-0.4, -0.2) is 36.7 Å². The lowest BCUT2D eigenvalue weighted by Crippen LogP contribution is -2.39. The fourth-order valence-corrected chi connectivity index (χ4v) is 4.59. The van der Waals surface area contributed by atoms with Crippen molar-refractivity contribution in [1.29, 1.82) is 0 Å². The number of anilines is 1. The van der Waals surface area contributed by atoms with E-state index in [9.17, 15) is 9.59 Å². The highest BCUT2D eigenvalue weighted by Crippen LogP contribution is 2.33. The zero-order valence-electron chi connectivity index (χ0n) is 15.6. The molecule has 27 heavy (non-hydrogen) atoms. The summed E-state index contributed by atoms with van der Waals surface area (Å²) in [4.78, 5) is 26.3. The highest BCUT2D eigenvalue weighted by atomic mass is 16.1. The van der Waals surface area contributed by atoms with Crippen molar-refractivity contribution in [2.45, 2.75) is 25.7 Å². The Morgan fingerprint density at radius 3 is 2.70 bits per heavy atom. The normalized spacial score (nSPS) is 24.2. The lowest BCUT2D eigenvalue weighted by atomic mass is 9.82. The van der Waals surface area contributed by atoms with E-state index in [1.165, 1.54) is 32.4 Å². The molecule has 2 aromatic rings. The molecule has 3 atom stereocenters. The Balaban J connectivity index is 1.40. The molecule has 3 fully saturated rings. The third kappa shape index (κ3) is 4.11. The van der Waals surface area contributed by atoms with Crippen LogP contribution in [0.1, 0.15) is 36.0 Å². The zero-order valence-corrected chi connectivity index (χ0v) is 15.6. The first kappa shape index (κ1) is 17.9. The lowest BCUT2D eigenvalue weighted by molar-refractivity contribution is -0.117. The van der Waals surface area contributed by atoms with Crippen molar-refractivity contribution >= 4 is 17.9 Å². The van der Waals surface area contributed by atoms with Crippen molar-refractivity contribution in [2.24, 2.45) is 11.8 Å². The minimum Gasteiger partial charge on any atom is -0.326 e. The maximum Gasteiger partial charge on any atom is 0.224 e. The first-order valence-electron chi connectivity index (χ1n) is 9.90. The third-order valence-corrected chi connectivity index (χ3v) is 6.04. The summed E-state index contributed by atoms with van der Waals surface area (Å²) in [6.07, 6.45) is 5.26. The van der Waals surface area contributed by atoms with E-state index < -0.39 is 0 Å². The van der Waals surface area contributed by atoms with Gasteiger partial charge >= 0.3 is 0 Å². The van der Waals surface area contributed by atoms with Gasteiger partial charge in [-0.3, -0.25) is 9.59 Å². The number of rotatable bonds is 5. The Labute approximate surface area is 160 Å². The molecule has 0 aromatic heterocycles. The van der Waals surface area contributed by atoms with E-state index in [-0.39, 0.29) is 5.91 Å². The Morgan fingerprint density at radius 2 is 1.89 bits per heavy atom. The van der Waals surface area contributed by atoms with Gasteiger partial charge in [0.25, 0.3) is 0 Å². The van der Waals surface area contributed by atoms with Gasteiger partial charge in [-0.15, -0.1) is 0 Å². The van der Waals surface area contributed by atoms with Crippen molar-refractivity contribution in [2.75, 3.05) is 25.0 Å². The summed E-state index contributed by atoms with van der Waals surface area (Å²) < 4.78 is 0. The van der Waals surface area contributed by atoms with Crippen LogP contribution in [0, 0.1) is 11.8 Å². The Hall–Kier alpha value is -2.46. The van der Waals surface area contributed by atoms with Gasteiger partial charge in [0.15, 0.2) is 6.29 Å². The molecule has 0 spiro atoms. The average molecular weight is 362 g/mol. The molecule has 3 saturated heterocycles. The summed E-state index contributed by atoms with van der Waals surface area (Å²) in [5.41, 5.74) is 3.37. The molecule has 5 rings (SSSR count). The number of benzene rings is 2. The molecule has 0 aliphatic carbocycles. The van der Waals surface area contributed by atoms with E-state index in [2.05, 4.69) is 10.2 Å². The number of carbonyl (C=O) groups is 2. The van der Waals surface area contributed by atoms with Gasteiger partial charge in [0, 0.05) is 24.2 Å². The smallest absolute Gasteiger partial charge is 0.224 e. The predicted molar refractivity (Wildman–Crippen MR) is 108 cm³/mol. The second kappa shape index (κ2) is 8.05. The molecule has 3 unspecified atom stereocenters. The molecule has 4 heteroatoms. The standard InChI is InChI=1S/C23H26N2O2/c26-16-19-4-1-2-6-22(19)18-7-9-21(10-8-18)24-23(27)14-20-15-25-12-3-5-17(20)11-13-25/h1-2,4,6-10,16-17,20H,3,5,11-15H2,(H,24,27). The van der Waals surface area contributed by atoms with E-state index >= 15 is 0 Å². The highest BCUT2D eigenvalue weighted by Gasteiger charge is 2.32. The molecule has 2 bridgehead atoms. The monoisotopic (exact) mass is 362 g/mol. The number of fused-ring (bicyclic) bond motifs is 4. The van der Waals surface area contributed by atoms with Crippen molar-refractivity contribution in [1.82, 2.24) is 4.90 Å². The number of aldehydes is 1. The van der Waals surface area contributed by atoms with Crippen LogP contribution in [0.4, 0.5) is 5.69 Å². The van der Waals surface area contributed by atoms with Crippen molar-refractivity contribution in [3.05, 3.63) is 54.1 Å². The zero-order chi connectivity index (χ0) is 18.6. The predicted octanol–water partition coefficient (Wildman–Crippen LogP) is 4.23. The minimum absolute atomic E-state index is 0.106. The second-order valence-corrected chi connectivity index (χ2v) is 7.79. The van der Waals surface area contributed by atoms with E-state index in [0.717, 1.165) is 29.6 Å². The molecule has 1 N–H and O–H groups in total. The molecular weight excluding hydrogens is 336 g/mol. The Bertz CT molecular complexity index is 811. The van der Waals surface area contributed by atoms with Gasteiger partial charge in [0.05, 0.1) is 0 Å². The molecule has 3 aliphatic heterocycles. The van der Waals surface area contributed by atoms with Gasteiger partial charge in [-0.05, 0) is 67.4 Å². The number of carbonyl (C=O) groups excluding carboxylic acids is 2. The van der Waals surface area contributed by atoms with Crippen molar-refractivity contribution in [3.63, 3.8) is 0 Å². The molecular formula is C23H26N2O2. The fourth-order valence-electron chi connectivity index (χ4n) is 4.59.